The molecule has 0 saturated heterocycles. The van der Waals surface area contributed by atoms with E-state index in [2.05, 4.69) is 20.8 Å². The van der Waals surface area contributed by atoms with Crippen molar-refractivity contribution in [3.63, 3.8) is 0 Å². The van der Waals surface area contributed by atoms with Gasteiger partial charge in [0, 0.05) is 0 Å². The van der Waals surface area contributed by atoms with Crippen LogP contribution in [0.1, 0.15) is 65.7 Å². The van der Waals surface area contributed by atoms with E-state index in [1.807, 2.05) is 0 Å². The Morgan fingerprint density at radius 3 is 2.71 bits per heavy atom. The molecule has 84 valence electrons. The molecule has 1 rings (SSSR count). The molecule has 0 aromatic rings. The van der Waals surface area contributed by atoms with Crippen LogP contribution >= 0.6 is 0 Å². The van der Waals surface area contributed by atoms with Gasteiger partial charge in [0.2, 0.25) is 0 Å². The van der Waals surface area contributed by atoms with Crippen LogP contribution < -0.4 is 0 Å². The average Bonchev–Trinajstić information content (AvgIpc) is 2.46. The summed E-state index contributed by atoms with van der Waals surface area (Å²) in [6, 6.07) is 0. The number of hydrogen-bond donors (Lipinski definition) is 1. The van der Waals surface area contributed by atoms with Crippen molar-refractivity contribution in [3.05, 3.63) is 0 Å². The smallest absolute Gasteiger partial charge is 0.0675 e. The minimum atomic E-state index is -0.302. The first kappa shape index (κ1) is 12.0. The standard InChI is InChI=1S/C13H26O/c1-4-12-8-6-10-13(12,14)9-5-7-11(2)3/h11-12,14H,4-10H2,1-3H3. The van der Waals surface area contributed by atoms with Crippen molar-refractivity contribution in [2.75, 3.05) is 0 Å². The maximum atomic E-state index is 10.5. The van der Waals surface area contributed by atoms with E-state index >= 15 is 0 Å². The van der Waals surface area contributed by atoms with Crippen molar-refractivity contribution in [2.24, 2.45) is 11.8 Å². The second kappa shape index (κ2) is 5.16. The Bertz CT molecular complexity index is 165. The molecule has 0 heterocycles. The summed E-state index contributed by atoms with van der Waals surface area (Å²) in [4.78, 5) is 0. The monoisotopic (exact) mass is 198 g/mol. The zero-order valence-electron chi connectivity index (χ0n) is 10.1. The van der Waals surface area contributed by atoms with E-state index < -0.39 is 0 Å². The van der Waals surface area contributed by atoms with Gasteiger partial charge in [-0.25, -0.2) is 0 Å². The molecule has 0 aromatic heterocycles. The van der Waals surface area contributed by atoms with Crippen LogP contribution in [0.3, 0.4) is 0 Å². The van der Waals surface area contributed by atoms with Gasteiger partial charge in [0.15, 0.2) is 0 Å². The Hall–Kier alpha value is -0.0400. The highest BCUT2D eigenvalue weighted by Gasteiger charge is 2.38. The van der Waals surface area contributed by atoms with Gasteiger partial charge >= 0.3 is 0 Å². The summed E-state index contributed by atoms with van der Waals surface area (Å²) in [6.07, 6.45) is 8.17. The lowest BCUT2D eigenvalue weighted by Crippen LogP contribution is -2.32. The van der Waals surface area contributed by atoms with Crippen molar-refractivity contribution >= 4 is 0 Å². The first-order valence-corrected chi connectivity index (χ1v) is 6.31. The highest BCUT2D eigenvalue weighted by molar-refractivity contribution is 4.91. The van der Waals surface area contributed by atoms with E-state index in [9.17, 15) is 5.11 Å². The zero-order valence-corrected chi connectivity index (χ0v) is 10.1. The van der Waals surface area contributed by atoms with Gasteiger partial charge in [-0.15, -0.1) is 0 Å². The molecule has 1 N–H and O–H groups in total. The van der Waals surface area contributed by atoms with Gasteiger partial charge in [0.1, 0.15) is 0 Å². The Morgan fingerprint density at radius 1 is 1.43 bits per heavy atom. The molecule has 1 heteroatoms. The topological polar surface area (TPSA) is 20.2 Å². The molecule has 0 aromatic carbocycles. The Balaban J connectivity index is 2.33. The van der Waals surface area contributed by atoms with E-state index in [4.69, 9.17) is 0 Å². The molecule has 14 heavy (non-hydrogen) atoms. The fourth-order valence-corrected chi connectivity index (χ4v) is 2.86. The molecule has 0 amide bonds. The maximum Gasteiger partial charge on any atom is 0.0675 e. The van der Waals surface area contributed by atoms with Crippen LogP contribution in [0.5, 0.6) is 0 Å². The summed E-state index contributed by atoms with van der Waals surface area (Å²) in [7, 11) is 0. The minimum Gasteiger partial charge on any atom is -0.390 e. The summed E-state index contributed by atoms with van der Waals surface area (Å²) >= 11 is 0. The summed E-state index contributed by atoms with van der Waals surface area (Å²) < 4.78 is 0. The van der Waals surface area contributed by atoms with Crippen molar-refractivity contribution in [2.45, 2.75) is 71.3 Å². The van der Waals surface area contributed by atoms with Crippen molar-refractivity contribution in [3.8, 4) is 0 Å². The van der Waals surface area contributed by atoms with E-state index in [1.54, 1.807) is 0 Å². The number of rotatable bonds is 5. The first-order chi connectivity index (χ1) is 6.58. The first-order valence-electron chi connectivity index (χ1n) is 6.31. The van der Waals surface area contributed by atoms with E-state index in [1.165, 1.54) is 25.7 Å². The van der Waals surface area contributed by atoms with E-state index in [0.717, 1.165) is 25.2 Å². The molecule has 2 atom stereocenters. The molecular weight excluding hydrogens is 172 g/mol. The minimum absolute atomic E-state index is 0.302. The fourth-order valence-electron chi connectivity index (χ4n) is 2.86. The predicted molar refractivity (Wildman–Crippen MR) is 61.3 cm³/mol. The van der Waals surface area contributed by atoms with E-state index in [0.29, 0.717) is 5.92 Å². The lowest BCUT2D eigenvalue weighted by molar-refractivity contribution is -0.00954. The van der Waals surface area contributed by atoms with Gasteiger partial charge in [0.05, 0.1) is 5.60 Å². The zero-order chi connectivity index (χ0) is 10.6. The molecule has 1 saturated carbocycles. The summed E-state index contributed by atoms with van der Waals surface area (Å²) in [5.74, 6) is 1.36. The highest BCUT2D eigenvalue weighted by Crippen LogP contribution is 2.41. The molecular formula is C13H26O. The number of aliphatic hydroxyl groups is 1. The van der Waals surface area contributed by atoms with Gasteiger partial charge in [-0.05, 0) is 31.1 Å². The third kappa shape index (κ3) is 2.98. The second-order valence-electron chi connectivity index (χ2n) is 5.39. The fraction of sp³-hybridized carbons (Fsp3) is 1.00. The SMILES string of the molecule is CCC1CCCC1(O)CCCC(C)C. The molecule has 1 fully saturated rings. The average molecular weight is 198 g/mol. The van der Waals surface area contributed by atoms with Gasteiger partial charge in [-0.3, -0.25) is 0 Å². The van der Waals surface area contributed by atoms with Gasteiger partial charge in [-0.1, -0.05) is 46.5 Å². The Kier molecular flexibility index (Phi) is 4.43. The molecule has 1 aliphatic carbocycles. The lowest BCUT2D eigenvalue weighted by Gasteiger charge is -2.29. The van der Waals surface area contributed by atoms with Crippen LogP contribution in [0.4, 0.5) is 0 Å². The van der Waals surface area contributed by atoms with Crippen LogP contribution in [0, 0.1) is 11.8 Å². The second-order valence-corrected chi connectivity index (χ2v) is 5.39. The molecule has 1 aliphatic rings. The summed E-state index contributed by atoms with van der Waals surface area (Å²) in [5, 5.41) is 10.5. The quantitative estimate of drug-likeness (QED) is 0.713. The summed E-state index contributed by atoms with van der Waals surface area (Å²) in [6.45, 7) is 6.73. The Labute approximate surface area is 88.9 Å². The van der Waals surface area contributed by atoms with Crippen LogP contribution in [0.2, 0.25) is 0 Å². The summed E-state index contributed by atoms with van der Waals surface area (Å²) in [5.41, 5.74) is -0.302. The predicted octanol–water partition coefficient (Wildman–Crippen LogP) is 3.75. The number of hydrogen-bond acceptors (Lipinski definition) is 1. The Morgan fingerprint density at radius 2 is 2.14 bits per heavy atom. The highest BCUT2D eigenvalue weighted by atomic mass is 16.3. The molecule has 0 radical (unpaired) electrons. The third-order valence-corrected chi connectivity index (χ3v) is 3.81. The van der Waals surface area contributed by atoms with Crippen molar-refractivity contribution in [1.29, 1.82) is 0 Å². The third-order valence-electron chi connectivity index (χ3n) is 3.81. The molecule has 1 nitrogen and oxygen atoms in total. The van der Waals surface area contributed by atoms with Crippen molar-refractivity contribution in [1.82, 2.24) is 0 Å². The molecule has 0 aliphatic heterocycles. The maximum absolute atomic E-state index is 10.5. The molecule has 0 spiro atoms. The molecule has 0 bridgehead atoms. The van der Waals surface area contributed by atoms with Crippen molar-refractivity contribution < 1.29 is 5.11 Å². The normalized spacial score (nSPS) is 32.8. The lowest BCUT2D eigenvalue weighted by atomic mass is 9.84. The van der Waals surface area contributed by atoms with Crippen LogP contribution in [0.25, 0.3) is 0 Å². The largest absolute Gasteiger partial charge is 0.390 e. The van der Waals surface area contributed by atoms with Gasteiger partial charge in [-0.2, -0.15) is 0 Å². The van der Waals surface area contributed by atoms with Gasteiger partial charge in [0.25, 0.3) is 0 Å². The van der Waals surface area contributed by atoms with E-state index in [-0.39, 0.29) is 5.60 Å². The van der Waals surface area contributed by atoms with Crippen LogP contribution in [0.15, 0.2) is 0 Å². The van der Waals surface area contributed by atoms with Crippen LogP contribution in [-0.2, 0) is 0 Å². The van der Waals surface area contributed by atoms with Gasteiger partial charge < -0.3 is 5.11 Å². The molecule has 2 unspecified atom stereocenters. The van der Waals surface area contributed by atoms with Crippen LogP contribution in [-0.4, -0.2) is 10.7 Å².